The summed E-state index contributed by atoms with van der Waals surface area (Å²) in [4.78, 5) is 66.3. The van der Waals surface area contributed by atoms with Crippen LogP contribution in [0.4, 0.5) is 10.6 Å². The van der Waals surface area contributed by atoms with Crippen molar-refractivity contribution in [3.05, 3.63) is 42.1 Å². The maximum Gasteiger partial charge on any atom is 0.409 e. The molecule has 1 N–H and O–H groups in total. The molecule has 0 bridgehead atoms. The summed E-state index contributed by atoms with van der Waals surface area (Å²) >= 11 is 0. The Kier molecular flexibility index (Phi) is 9.12. The van der Waals surface area contributed by atoms with E-state index in [0.717, 1.165) is 5.56 Å². The molecule has 2 saturated heterocycles. The lowest BCUT2D eigenvalue weighted by atomic mass is 10.0. The molecule has 230 valence electrons. The molecule has 1 aliphatic carbocycles. The highest BCUT2D eigenvalue weighted by Crippen LogP contribution is 2.53. The summed E-state index contributed by atoms with van der Waals surface area (Å²) in [6.45, 7) is 10.7. The number of carbonyl (C=O) groups excluding carboxylic acids is 4. The van der Waals surface area contributed by atoms with E-state index in [2.05, 4.69) is 15.2 Å². The average molecular weight is 593 g/mol. The third kappa shape index (κ3) is 6.57. The van der Waals surface area contributed by atoms with Gasteiger partial charge in [0.2, 0.25) is 5.91 Å². The van der Waals surface area contributed by atoms with E-state index in [1.807, 2.05) is 51.1 Å². The number of piperidine rings is 1. The molecule has 3 aliphatic rings. The molecule has 1 aromatic carbocycles. The number of nitrogens with zero attached hydrogens (tertiary/aromatic N) is 5. The van der Waals surface area contributed by atoms with Crippen LogP contribution in [0, 0.1) is 23.7 Å². The lowest BCUT2D eigenvalue weighted by Crippen LogP contribution is -2.57. The fraction of sp³-hybridized carbons (Fsp3) is 0.548. The Labute approximate surface area is 251 Å². The van der Waals surface area contributed by atoms with Gasteiger partial charge in [-0.3, -0.25) is 14.4 Å². The number of ether oxygens (including phenoxy) is 2. The van der Waals surface area contributed by atoms with Crippen molar-refractivity contribution in [2.75, 3.05) is 57.4 Å². The first-order valence-electron chi connectivity index (χ1n) is 15.1. The van der Waals surface area contributed by atoms with Crippen LogP contribution in [0.3, 0.4) is 0 Å². The fourth-order valence-electron chi connectivity index (χ4n) is 5.98. The van der Waals surface area contributed by atoms with Gasteiger partial charge in [0.1, 0.15) is 17.6 Å². The minimum Gasteiger partial charge on any atom is -0.466 e. The molecule has 12 heteroatoms. The summed E-state index contributed by atoms with van der Waals surface area (Å²) in [7, 11) is 0. The summed E-state index contributed by atoms with van der Waals surface area (Å²) in [5.74, 6) is 0.366. The van der Waals surface area contributed by atoms with Crippen molar-refractivity contribution >= 4 is 29.7 Å². The molecular formula is C31H40N6O6. The molecule has 1 unspecified atom stereocenters. The number of anilines is 1. The highest BCUT2D eigenvalue weighted by Gasteiger charge is 2.60. The van der Waals surface area contributed by atoms with Gasteiger partial charge in [0.15, 0.2) is 5.82 Å². The van der Waals surface area contributed by atoms with Crippen molar-refractivity contribution in [2.24, 2.45) is 23.7 Å². The average Bonchev–Trinajstić information content (AvgIpc) is 3.52. The lowest BCUT2D eigenvalue weighted by Gasteiger charge is -2.36. The number of amides is 3. The van der Waals surface area contributed by atoms with E-state index >= 15 is 0 Å². The van der Waals surface area contributed by atoms with Crippen molar-refractivity contribution < 1.29 is 28.7 Å². The molecule has 3 amide bonds. The predicted octanol–water partition coefficient (Wildman–Crippen LogP) is 2.44. The third-order valence-corrected chi connectivity index (χ3v) is 8.39. The number of hydrogen-bond acceptors (Lipinski definition) is 9. The van der Waals surface area contributed by atoms with Gasteiger partial charge in [0.25, 0.3) is 5.91 Å². The smallest absolute Gasteiger partial charge is 0.409 e. The molecule has 2 aliphatic heterocycles. The number of rotatable bonds is 9. The van der Waals surface area contributed by atoms with Crippen LogP contribution in [0.15, 0.2) is 36.4 Å². The van der Waals surface area contributed by atoms with Crippen LogP contribution in [0.5, 0.6) is 0 Å². The van der Waals surface area contributed by atoms with Crippen LogP contribution >= 0.6 is 0 Å². The van der Waals surface area contributed by atoms with E-state index in [4.69, 9.17) is 14.5 Å². The number of benzene rings is 1. The topological polar surface area (TPSA) is 134 Å². The predicted molar refractivity (Wildman–Crippen MR) is 158 cm³/mol. The Bertz CT molecular complexity index is 1330. The van der Waals surface area contributed by atoms with Crippen molar-refractivity contribution in [1.29, 1.82) is 0 Å². The molecule has 43 heavy (non-hydrogen) atoms. The van der Waals surface area contributed by atoms with Crippen LogP contribution in [0.25, 0.3) is 11.4 Å². The van der Waals surface area contributed by atoms with E-state index in [0.29, 0.717) is 64.1 Å². The quantitative estimate of drug-likeness (QED) is 0.436. The second-order valence-corrected chi connectivity index (χ2v) is 11.5. The van der Waals surface area contributed by atoms with E-state index in [-0.39, 0.29) is 47.3 Å². The summed E-state index contributed by atoms with van der Waals surface area (Å²) in [5.41, 5.74) is 0.931. The van der Waals surface area contributed by atoms with Gasteiger partial charge in [0, 0.05) is 50.9 Å². The summed E-state index contributed by atoms with van der Waals surface area (Å²) < 4.78 is 10.3. The summed E-state index contributed by atoms with van der Waals surface area (Å²) in [5, 5.41) is 2.93. The maximum absolute atomic E-state index is 13.7. The normalized spacial score (nSPS) is 21.7. The van der Waals surface area contributed by atoms with Gasteiger partial charge in [-0.05, 0) is 31.6 Å². The zero-order valence-electron chi connectivity index (χ0n) is 25.2. The largest absolute Gasteiger partial charge is 0.466 e. The van der Waals surface area contributed by atoms with Crippen molar-refractivity contribution in [3.8, 4) is 11.4 Å². The zero-order valence-corrected chi connectivity index (χ0v) is 25.2. The fourth-order valence-corrected chi connectivity index (χ4v) is 5.98. The minimum absolute atomic E-state index is 0.0774. The molecule has 4 atom stereocenters. The van der Waals surface area contributed by atoms with Crippen LogP contribution in [0.2, 0.25) is 0 Å². The van der Waals surface area contributed by atoms with Crippen LogP contribution in [0.1, 0.15) is 38.2 Å². The summed E-state index contributed by atoms with van der Waals surface area (Å²) in [6, 6.07) is 10.3. The van der Waals surface area contributed by atoms with Gasteiger partial charge in [-0.2, -0.15) is 0 Å². The van der Waals surface area contributed by atoms with E-state index in [1.165, 1.54) is 0 Å². The first-order chi connectivity index (χ1) is 20.7. The number of aromatic nitrogens is 2. The van der Waals surface area contributed by atoms with Gasteiger partial charge in [-0.1, -0.05) is 44.2 Å². The molecule has 3 heterocycles. The minimum atomic E-state index is -0.773. The SMILES string of the molecule is CCOC(=O)C1[C@H]2CN(c3cc(C(=O)N[C@H](C(=O)N4CCN(C(=O)OCC)CC4)C(C)C)nc(-c4ccccc4)n3)C[C@@H]12. The maximum atomic E-state index is 13.7. The zero-order chi connectivity index (χ0) is 30.7. The highest BCUT2D eigenvalue weighted by atomic mass is 16.6. The number of esters is 1. The molecule has 3 fully saturated rings. The monoisotopic (exact) mass is 592 g/mol. The Morgan fingerprint density at radius 3 is 2.14 bits per heavy atom. The van der Waals surface area contributed by atoms with Gasteiger partial charge in [-0.25, -0.2) is 14.8 Å². The van der Waals surface area contributed by atoms with E-state index in [1.54, 1.807) is 22.8 Å². The first kappa shape index (κ1) is 30.2. The number of piperazine rings is 1. The van der Waals surface area contributed by atoms with Crippen molar-refractivity contribution in [1.82, 2.24) is 25.1 Å². The van der Waals surface area contributed by atoms with Crippen molar-refractivity contribution in [2.45, 2.75) is 33.7 Å². The Hall–Kier alpha value is -4.22. The Balaban J connectivity index is 1.32. The molecule has 12 nitrogen and oxygen atoms in total. The van der Waals surface area contributed by atoms with Crippen LogP contribution in [-0.2, 0) is 19.1 Å². The number of hydrogen-bond donors (Lipinski definition) is 1. The number of nitrogens with one attached hydrogen (secondary N) is 1. The highest BCUT2D eigenvalue weighted by molar-refractivity contribution is 5.97. The molecule has 1 aromatic heterocycles. The molecule has 5 rings (SSSR count). The van der Waals surface area contributed by atoms with Crippen molar-refractivity contribution in [3.63, 3.8) is 0 Å². The molecule has 0 radical (unpaired) electrons. The molecule has 0 spiro atoms. The van der Waals surface area contributed by atoms with Crippen LogP contribution < -0.4 is 10.2 Å². The first-order valence-corrected chi connectivity index (χ1v) is 15.1. The number of carbonyl (C=O) groups is 4. The second kappa shape index (κ2) is 13.0. The molecule has 2 aromatic rings. The lowest BCUT2D eigenvalue weighted by molar-refractivity contribution is -0.145. The second-order valence-electron chi connectivity index (χ2n) is 11.5. The Morgan fingerprint density at radius 2 is 1.53 bits per heavy atom. The Morgan fingerprint density at radius 1 is 0.907 bits per heavy atom. The summed E-state index contributed by atoms with van der Waals surface area (Å²) in [6.07, 6.45) is -0.385. The third-order valence-electron chi connectivity index (χ3n) is 8.39. The van der Waals surface area contributed by atoms with Gasteiger partial charge < -0.3 is 29.5 Å². The van der Waals surface area contributed by atoms with Gasteiger partial charge in [0.05, 0.1) is 19.1 Å². The van der Waals surface area contributed by atoms with Gasteiger partial charge >= 0.3 is 12.1 Å². The van der Waals surface area contributed by atoms with E-state index < -0.39 is 11.9 Å². The van der Waals surface area contributed by atoms with E-state index in [9.17, 15) is 19.2 Å². The number of fused-ring (bicyclic) bond motifs is 1. The van der Waals surface area contributed by atoms with Gasteiger partial charge in [-0.15, -0.1) is 0 Å². The molecular weight excluding hydrogens is 552 g/mol. The molecule has 1 saturated carbocycles. The van der Waals surface area contributed by atoms with Crippen LogP contribution in [-0.4, -0.2) is 102 Å². The standard InChI is InChI=1S/C31H40N6O6/c1-5-42-30(40)25-21-17-37(18-22(21)25)24-16-23(32-27(33-24)20-10-8-7-9-11-20)28(38)34-26(19(3)4)29(39)35-12-14-36(15-13-35)31(41)43-6-2/h7-11,16,19,21-22,25-26H,5-6,12-15,17-18H2,1-4H3,(H,34,38)/t21-,22+,25?,26-/m0/s1.